The largest absolute Gasteiger partial charge is 0.469 e. The zero-order valence-corrected chi connectivity index (χ0v) is 17.7. The molecule has 10 nitrogen and oxygen atoms in total. The van der Waals surface area contributed by atoms with Gasteiger partial charge in [0.05, 0.1) is 7.11 Å². The van der Waals surface area contributed by atoms with Gasteiger partial charge in [-0.15, -0.1) is 0 Å². The monoisotopic (exact) mass is 415 g/mol. The van der Waals surface area contributed by atoms with E-state index in [0.717, 1.165) is 0 Å². The Morgan fingerprint density at radius 1 is 0.897 bits per heavy atom. The van der Waals surface area contributed by atoms with Gasteiger partial charge in [0, 0.05) is 58.4 Å². The first-order chi connectivity index (χ1) is 13.8. The van der Waals surface area contributed by atoms with Crippen molar-refractivity contribution in [2.45, 2.75) is 44.9 Å². The number of carbonyl (C=O) groups excluding carboxylic acids is 4. The Bertz CT molecular complexity index is 515. The summed E-state index contributed by atoms with van der Waals surface area (Å²) < 4.78 is 4.68. The van der Waals surface area contributed by atoms with Crippen LogP contribution in [0.3, 0.4) is 0 Å². The summed E-state index contributed by atoms with van der Waals surface area (Å²) in [6.45, 7) is 2.35. The van der Waals surface area contributed by atoms with Crippen LogP contribution < -0.4 is 22.1 Å². The van der Waals surface area contributed by atoms with Gasteiger partial charge in [-0.3, -0.25) is 19.2 Å². The maximum Gasteiger partial charge on any atom is 0.305 e. The standard InChI is InChI=1S/C19H37N5O5/c1-24(13-8-16(21)25)14-9-18(27)22-11-7-15(4-6-19(28)29-2)3-5-17(26)23-12-10-20/h15H,3-14,20H2,1-2H3,(H2,21,25)(H,22,27)(H,23,26). The number of methoxy groups -OCH3 is 1. The van der Waals surface area contributed by atoms with Crippen molar-refractivity contribution in [2.24, 2.45) is 17.4 Å². The highest BCUT2D eigenvalue weighted by Crippen LogP contribution is 2.18. The highest BCUT2D eigenvalue weighted by molar-refractivity contribution is 5.76. The summed E-state index contributed by atoms with van der Waals surface area (Å²) in [5.74, 6) is -0.678. The lowest BCUT2D eigenvalue weighted by Gasteiger charge is -2.18. The average Bonchev–Trinajstić information content (AvgIpc) is 2.70. The molecule has 0 bridgehead atoms. The van der Waals surface area contributed by atoms with E-state index in [-0.39, 0.29) is 42.5 Å². The third-order valence-electron chi connectivity index (χ3n) is 4.57. The molecule has 0 aromatic heterocycles. The Balaban J connectivity index is 4.23. The summed E-state index contributed by atoms with van der Waals surface area (Å²) in [5, 5.41) is 5.59. The van der Waals surface area contributed by atoms with Crippen molar-refractivity contribution in [3.8, 4) is 0 Å². The molecule has 0 saturated heterocycles. The van der Waals surface area contributed by atoms with Crippen molar-refractivity contribution < 1.29 is 23.9 Å². The first-order valence-corrected chi connectivity index (χ1v) is 10.1. The lowest BCUT2D eigenvalue weighted by molar-refractivity contribution is -0.141. The number of nitrogens with two attached hydrogens (primary N) is 2. The number of hydrogen-bond donors (Lipinski definition) is 4. The Hall–Kier alpha value is -2.20. The van der Waals surface area contributed by atoms with E-state index in [1.165, 1.54) is 7.11 Å². The molecule has 0 fully saturated rings. The Kier molecular flexibility index (Phi) is 15.5. The van der Waals surface area contributed by atoms with E-state index < -0.39 is 0 Å². The van der Waals surface area contributed by atoms with Crippen LogP contribution in [0, 0.1) is 5.92 Å². The summed E-state index contributed by atoms with van der Waals surface area (Å²) in [4.78, 5) is 47.8. The van der Waals surface area contributed by atoms with Crippen LogP contribution in [-0.4, -0.2) is 75.5 Å². The number of amides is 3. The van der Waals surface area contributed by atoms with Crippen LogP contribution in [0.2, 0.25) is 0 Å². The molecule has 168 valence electrons. The first kappa shape index (κ1) is 26.8. The first-order valence-electron chi connectivity index (χ1n) is 10.1. The highest BCUT2D eigenvalue weighted by Gasteiger charge is 2.14. The third-order valence-corrected chi connectivity index (χ3v) is 4.57. The summed E-state index contributed by atoms with van der Waals surface area (Å²) >= 11 is 0. The molecule has 6 N–H and O–H groups in total. The zero-order valence-electron chi connectivity index (χ0n) is 17.7. The molecular weight excluding hydrogens is 378 g/mol. The minimum atomic E-state index is -0.365. The lowest BCUT2D eigenvalue weighted by atomic mass is 9.94. The number of rotatable bonds is 17. The zero-order chi connectivity index (χ0) is 22.1. The summed E-state index contributed by atoms with van der Waals surface area (Å²) in [6, 6.07) is 0. The van der Waals surface area contributed by atoms with Crippen molar-refractivity contribution in [3.05, 3.63) is 0 Å². The second-order valence-corrected chi connectivity index (χ2v) is 7.07. The predicted molar refractivity (Wildman–Crippen MR) is 110 cm³/mol. The van der Waals surface area contributed by atoms with E-state index in [0.29, 0.717) is 64.8 Å². The van der Waals surface area contributed by atoms with Gasteiger partial charge in [-0.05, 0) is 32.2 Å². The fourth-order valence-electron chi connectivity index (χ4n) is 2.70. The van der Waals surface area contributed by atoms with E-state index in [4.69, 9.17) is 11.5 Å². The molecule has 3 amide bonds. The number of hydrogen-bond acceptors (Lipinski definition) is 7. The summed E-state index contributed by atoms with van der Waals surface area (Å²) in [5.41, 5.74) is 10.5. The van der Waals surface area contributed by atoms with Crippen molar-refractivity contribution in [1.82, 2.24) is 15.5 Å². The van der Waals surface area contributed by atoms with Crippen LogP contribution in [0.1, 0.15) is 44.9 Å². The third kappa shape index (κ3) is 16.5. The molecule has 0 aromatic carbocycles. The van der Waals surface area contributed by atoms with Gasteiger partial charge >= 0.3 is 5.97 Å². The molecule has 0 aliphatic carbocycles. The maximum absolute atomic E-state index is 12.0. The van der Waals surface area contributed by atoms with E-state index in [9.17, 15) is 19.2 Å². The second kappa shape index (κ2) is 16.7. The van der Waals surface area contributed by atoms with Crippen molar-refractivity contribution >= 4 is 23.7 Å². The number of carbonyl (C=O) groups is 4. The van der Waals surface area contributed by atoms with E-state index in [1.807, 2.05) is 11.9 Å². The van der Waals surface area contributed by atoms with Gasteiger partial charge in [0.2, 0.25) is 17.7 Å². The Morgan fingerprint density at radius 2 is 1.48 bits per heavy atom. The molecule has 0 radical (unpaired) electrons. The molecule has 10 heteroatoms. The molecular formula is C19H37N5O5. The van der Waals surface area contributed by atoms with Gasteiger partial charge in [0.1, 0.15) is 0 Å². The molecule has 0 heterocycles. The smallest absolute Gasteiger partial charge is 0.305 e. The Labute approximate surface area is 173 Å². The van der Waals surface area contributed by atoms with Crippen LogP contribution in [0.4, 0.5) is 0 Å². The maximum atomic E-state index is 12.0. The number of primary amides is 1. The van der Waals surface area contributed by atoms with Crippen molar-refractivity contribution in [2.75, 3.05) is 46.9 Å². The fraction of sp³-hybridized carbons (Fsp3) is 0.789. The molecule has 0 rings (SSSR count). The normalized spacial score (nSPS) is 11.7. The van der Waals surface area contributed by atoms with Crippen LogP contribution in [0.15, 0.2) is 0 Å². The average molecular weight is 416 g/mol. The molecule has 29 heavy (non-hydrogen) atoms. The van der Waals surface area contributed by atoms with Gasteiger partial charge in [0.25, 0.3) is 0 Å². The predicted octanol–water partition coefficient (Wildman–Crippen LogP) is -0.885. The van der Waals surface area contributed by atoms with E-state index in [2.05, 4.69) is 15.4 Å². The second-order valence-electron chi connectivity index (χ2n) is 7.07. The molecule has 0 aromatic rings. The SMILES string of the molecule is COC(=O)CCC(CCNC(=O)CCN(C)CCC(N)=O)CCC(=O)NCCN. The number of nitrogens with zero attached hydrogens (tertiary/aromatic N) is 1. The van der Waals surface area contributed by atoms with Crippen LogP contribution in [0.5, 0.6) is 0 Å². The van der Waals surface area contributed by atoms with E-state index >= 15 is 0 Å². The topological polar surface area (TPSA) is 157 Å². The number of esters is 1. The highest BCUT2D eigenvalue weighted by atomic mass is 16.5. The molecule has 0 aliphatic heterocycles. The van der Waals surface area contributed by atoms with Gasteiger partial charge in [-0.25, -0.2) is 0 Å². The lowest BCUT2D eigenvalue weighted by Crippen LogP contribution is -2.32. The van der Waals surface area contributed by atoms with Crippen LogP contribution in [0.25, 0.3) is 0 Å². The summed E-state index contributed by atoms with van der Waals surface area (Å²) in [7, 11) is 3.17. The minimum Gasteiger partial charge on any atom is -0.469 e. The quantitative estimate of drug-likeness (QED) is 0.225. The van der Waals surface area contributed by atoms with Crippen molar-refractivity contribution in [3.63, 3.8) is 0 Å². The minimum absolute atomic E-state index is 0.0680. The van der Waals surface area contributed by atoms with Gasteiger partial charge in [-0.1, -0.05) is 0 Å². The molecule has 0 aliphatic rings. The molecule has 1 unspecified atom stereocenters. The fourth-order valence-corrected chi connectivity index (χ4v) is 2.70. The van der Waals surface area contributed by atoms with Gasteiger partial charge < -0.3 is 31.7 Å². The van der Waals surface area contributed by atoms with Crippen LogP contribution >= 0.6 is 0 Å². The molecule has 1 atom stereocenters. The van der Waals surface area contributed by atoms with Crippen LogP contribution in [-0.2, 0) is 23.9 Å². The Morgan fingerprint density at radius 3 is 2.10 bits per heavy atom. The van der Waals surface area contributed by atoms with Crippen molar-refractivity contribution in [1.29, 1.82) is 0 Å². The van der Waals surface area contributed by atoms with E-state index in [1.54, 1.807) is 0 Å². The number of nitrogens with one attached hydrogen (secondary N) is 2. The molecule has 0 spiro atoms. The van der Waals surface area contributed by atoms with Gasteiger partial charge in [0.15, 0.2) is 0 Å². The number of ether oxygens (including phenoxy) is 1. The van der Waals surface area contributed by atoms with Gasteiger partial charge in [-0.2, -0.15) is 0 Å². The molecule has 0 saturated carbocycles. The summed E-state index contributed by atoms with van der Waals surface area (Å²) in [6.07, 6.45) is 3.11.